The van der Waals surface area contributed by atoms with E-state index in [0.717, 1.165) is 0 Å². The molecule has 7 heteroatoms. The van der Waals surface area contributed by atoms with Gasteiger partial charge in [0, 0.05) is 5.92 Å². The number of esters is 1. The number of carbonyl (C=O) groups excluding carboxylic acids is 3. The van der Waals surface area contributed by atoms with Crippen LogP contribution in [-0.2, 0) is 19.1 Å². The molecule has 0 unspecified atom stereocenters. The Bertz CT molecular complexity index is 652. The molecule has 0 aromatic rings. The van der Waals surface area contributed by atoms with E-state index in [1.807, 2.05) is 0 Å². The summed E-state index contributed by atoms with van der Waals surface area (Å²) in [6, 6.07) is -0.943. The number of ether oxygens (including phenoxy) is 2. The zero-order valence-electron chi connectivity index (χ0n) is 18.0. The number of amides is 2. The molecule has 0 heterocycles. The first-order chi connectivity index (χ1) is 13.5. The van der Waals surface area contributed by atoms with Gasteiger partial charge in [0.05, 0.1) is 6.61 Å². The molecule has 0 aliphatic heterocycles. The maximum atomic E-state index is 13.1. The van der Waals surface area contributed by atoms with Crippen LogP contribution in [0.2, 0.25) is 0 Å². The number of hydrogen-bond donors (Lipinski definition) is 2. The summed E-state index contributed by atoms with van der Waals surface area (Å²) in [6.07, 6.45) is 5.37. The molecule has 0 radical (unpaired) electrons. The molecule has 29 heavy (non-hydrogen) atoms. The van der Waals surface area contributed by atoms with E-state index in [0.29, 0.717) is 12.8 Å². The number of carbonyl (C=O) groups is 3. The highest BCUT2D eigenvalue weighted by Gasteiger charge is 2.53. The normalized spacial score (nSPS) is 24.7. The Morgan fingerprint density at radius 3 is 2.34 bits per heavy atom. The summed E-state index contributed by atoms with van der Waals surface area (Å²) >= 11 is 0. The molecule has 2 N–H and O–H groups in total. The minimum atomic E-state index is -1.26. The van der Waals surface area contributed by atoms with Crippen LogP contribution in [0.4, 0.5) is 4.79 Å². The SMILES string of the molecule is C=CC[C@@H](NC(=O)OC(C)(C)C)C(=O)N[C@@]1(C(=O)OCC)C[C@@H](C=C)C[C@H]1C=C. The maximum absolute atomic E-state index is 13.1. The number of alkyl carbamates (subject to hydrolysis) is 1. The number of allylic oxidation sites excluding steroid dienone is 1. The zero-order valence-corrected chi connectivity index (χ0v) is 18.0. The Hall–Kier alpha value is -2.57. The molecule has 1 aliphatic carbocycles. The lowest BCUT2D eigenvalue weighted by Gasteiger charge is -2.34. The van der Waals surface area contributed by atoms with Crippen molar-refractivity contribution in [3.8, 4) is 0 Å². The fraction of sp³-hybridized carbons (Fsp3) is 0.591. The topological polar surface area (TPSA) is 93.7 Å². The van der Waals surface area contributed by atoms with Crippen molar-refractivity contribution in [3.05, 3.63) is 38.0 Å². The van der Waals surface area contributed by atoms with Gasteiger partial charge in [0.15, 0.2) is 0 Å². The summed E-state index contributed by atoms with van der Waals surface area (Å²) in [6.45, 7) is 18.4. The molecule has 0 bridgehead atoms. The molecular formula is C22H34N2O5. The van der Waals surface area contributed by atoms with Gasteiger partial charge in [-0.2, -0.15) is 0 Å². The van der Waals surface area contributed by atoms with Gasteiger partial charge in [0.1, 0.15) is 17.2 Å². The van der Waals surface area contributed by atoms with Crippen molar-refractivity contribution in [3.63, 3.8) is 0 Å². The largest absolute Gasteiger partial charge is 0.464 e. The highest BCUT2D eigenvalue weighted by Crippen LogP contribution is 2.42. The summed E-state index contributed by atoms with van der Waals surface area (Å²) in [5.74, 6) is -1.32. The van der Waals surface area contributed by atoms with Crippen molar-refractivity contribution < 1.29 is 23.9 Å². The minimum Gasteiger partial charge on any atom is -0.464 e. The van der Waals surface area contributed by atoms with Crippen LogP contribution in [0.3, 0.4) is 0 Å². The van der Waals surface area contributed by atoms with E-state index in [4.69, 9.17) is 9.47 Å². The molecule has 2 amide bonds. The van der Waals surface area contributed by atoms with Crippen LogP contribution in [0.1, 0.15) is 47.0 Å². The van der Waals surface area contributed by atoms with E-state index in [9.17, 15) is 14.4 Å². The second-order valence-corrected chi connectivity index (χ2v) is 8.18. The van der Waals surface area contributed by atoms with Gasteiger partial charge in [-0.3, -0.25) is 4.79 Å². The second kappa shape index (κ2) is 10.3. The molecule has 1 saturated carbocycles. The molecule has 4 atom stereocenters. The number of hydrogen-bond acceptors (Lipinski definition) is 5. The van der Waals surface area contributed by atoms with Crippen LogP contribution in [-0.4, -0.2) is 41.8 Å². The molecule has 162 valence electrons. The van der Waals surface area contributed by atoms with E-state index in [1.54, 1.807) is 39.8 Å². The van der Waals surface area contributed by atoms with Gasteiger partial charge >= 0.3 is 12.1 Å². The smallest absolute Gasteiger partial charge is 0.408 e. The molecule has 0 aromatic heterocycles. The Morgan fingerprint density at radius 2 is 1.86 bits per heavy atom. The molecular weight excluding hydrogens is 372 g/mol. The lowest BCUT2D eigenvalue weighted by atomic mass is 9.86. The molecule has 1 fully saturated rings. The van der Waals surface area contributed by atoms with E-state index in [2.05, 4.69) is 30.4 Å². The van der Waals surface area contributed by atoms with Gasteiger partial charge in [-0.25, -0.2) is 9.59 Å². The third-order valence-corrected chi connectivity index (χ3v) is 4.79. The molecule has 7 nitrogen and oxygen atoms in total. The van der Waals surface area contributed by atoms with Crippen molar-refractivity contribution in [2.45, 2.75) is 64.1 Å². The number of nitrogens with one attached hydrogen (secondary N) is 2. The number of rotatable bonds is 9. The van der Waals surface area contributed by atoms with Crippen molar-refractivity contribution in [1.29, 1.82) is 0 Å². The van der Waals surface area contributed by atoms with Crippen LogP contribution in [0.15, 0.2) is 38.0 Å². The van der Waals surface area contributed by atoms with Crippen LogP contribution in [0, 0.1) is 11.8 Å². The van der Waals surface area contributed by atoms with E-state index < -0.39 is 35.2 Å². The molecule has 0 saturated heterocycles. The zero-order chi connectivity index (χ0) is 22.2. The third-order valence-electron chi connectivity index (χ3n) is 4.79. The summed E-state index contributed by atoms with van der Waals surface area (Å²) < 4.78 is 10.5. The van der Waals surface area contributed by atoms with Gasteiger partial charge in [-0.1, -0.05) is 18.2 Å². The molecule has 0 aromatic carbocycles. The van der Waals surface area contributed by atoms with Gasteiger partial charge < -0.3 is 20.1 Å². The fourth-order valence-electron chi connectivity index (χ4n) is 3.50. The van der Waals surface area contributed by atoms with Crippen LogP contribution in [0.25, 0.3) is 0 Å². The quantitative estimate of drug-likeness (QED) is 0.453. The Kier molecular flexibility index (Phi) is 8.67. The van der Waals surface area contributed by atoms with Crippen molar-refractivity contribution in [2.75, 3.05) is 6.61 Å². The lowest BCUT2D eigenvalue weighted by molar-refractivity contribution is -0.154. The summed E-state index contributed by atoms with van der Waals surface area (Å²) in [4.78, 5) is 38.1. The average molecular weight is 407 g/mol. The summed E-state index contributed by atoms with van der Waals surface area (Å²) in [7, 11) is 0. The highest BCUT2D eigenvalue weighted by atomic mass is 16.6. The predicted octanol–water partition coefficient (Wildman–Crippen LogP) is 3.27. The van der Waals surface area contributed by atoms with Crippen molar-refractivity contribution >= 4 is 18.0 Å². The Balaban J connectivity index is 3.11. The van der Waals surface area contributed by atoms with Crippen LogP contribution < -0.4 is 10.6 Å². The van der Waals surface area contributed by atoms with Gasteiger partial charge in [-0.15, -0.1) is 19.7 Å². The van der Waals surface area contributed by atoms with Gasteiger partial charge in [0.25, 0.3) is 0 Å². The standard InChI is InChI=1S/C22H34N2O5/c1-8-12-17(23-20(27)29-21(5,6)7)18(25)24-22(19(26)28-11-4)14-15(9-2)13-16(22)10-3/h8-10,15-17H,1-3,11-14H2,4-7H3,(H,23,27)(H,24,25)/t15-,16+,17+,22-/m0/s1. The van der Waals surface area contributed by atoms with Gasteiger partial charge in [-0.05, 0) is 52.9 Å². The maximum Gasteiger partial charge on any atom is 0.408 e. The van der Waals surface area contributed by atoms with E-state index in [1.165, 1.54) is 6.08 Å². The summed E-state index contributed by atoms with van der Waals surface area (Å²) in [5, 5.41) is 5.40. The monoisotopic (exact) mass is 406 g/mol. The average Bonchev–Trinajstić information content (AvgIpc) is 2.98. The third kappa shape index (κ3) is 6.48. The van der Waals surface area contributed by atoms with E-state index >= 15 is 0 Å². The predicted molar refractivity (Wildman–Crippen MR) is 112 cm³/mol. The highest BCUT2D eigenvalue weighted by molar-refractivity contribution is 5.92. The lowest BCUT2D eigenvalue weighted by Crippen LogP contribution is -2.61. The molecule has 1 rings (SSSR count). The van der Waals surface area contributed by atoms with E-state index in [-0.39, 0.29) is 24.9 Å². The second-order valence-electron chi connectivity index (χ2n) is 8.18. The van der Waals surface area contributed by atoms with Crippen LogP contribution >= 0.6 is 0 Å². The summed E-state index contributed by atoms with van der Waals surface area (Å²) in [5.41, 5.74) is -1.97. The van der Waals surface area contributed by atoms with Crippen molar-refractivity contribution in [2.24, 2.45) is 11.8 Å². The fourth-order valence-corrected chi connectivity index (χ4v) is 3.50. The first-order valence-corrected chi connectivity index (χ1v) is 9.87. The molecule has 1 aliphatic rings. The Labute approximate surface area is 173 Å². The van der Waals surface area contributed by atoms with Crippen LogP contribution in [0.5, 0.6) is 0 Å². The first-order valence-electron chi connectivity index (χ1n) is 9.87. The molecule has 0 spiro atoms. The van der Waals surface area contributed by atoms with Gasteiger partial charge in [0.2, 0.25) is 5.91 Å². The van der Waals surface area contributed by atoms with Crippen molar-refractivity contribution in [1.82, 2.24) is 10.6 Å². The Morgan fingerprint density at radius 1 is 1.21 bits per heavy atom. The first kappa shape index (κ1) is 24.5. The minimum absolute atomic E-state index is 0.0272.